The van der Waals surface area contributed by atoms with Crippen molar-refractivity contribution in [2.75, 3.05) is 11.9 Å². The molecule has 0 atom stereocenters. The standard InChI is InChI=1S/C11H9BrF3NO4/c1-2-19-10(18)9(17)16-7-4-3-6(12)5-8(7)20-11(13,14)15/h3-5H,2H2,1H3,(H,16,17). The van der Waals surface area contributed by atoms with Gasteiger partial charge >= 0.3 is 18.2 Å². The van der Waals surface area contributed by atoms with Gasteiger partial charge in [0.15, 0.2) is 5.75 Å². The summed E-state index contributed by atoms with van der Waals surface area (Å²) in [5.41, 5.74) is -0.302. The second-order valence-corrected chi connectivity index (χ2v) is 4.28. The number of benzene rings is 1. The maximum atomic E-state index is 12.2. The molecule has 0 saturated carbocycles. The minimum Gasteiger partial charge on any atom is -0.459 e. The molecule has 5 nitrogen and oxygen atoms in total. The predicted octanol–water partition coefficient (Wildman–Crippen LogP) is 2.85. The monoisotopic (exact) mass is 355 g/mol. The Morgan fingerprint density at radius 3 is 2.55 bits per heavy atom. The molecule has 0 unspecified atom stereocenters. The molecule has 110 valence electrons. The van der Waals surface area contributed by atoms with Crippen LogP contribution < -0.4 is 10.1 Å². The van der Waals surface area contributed by atoms with E-state index in [1.54, 1.807) is 0 Å². The third kappa shape index (κ3) is 5.08. The third-order valence-corrected chi connectivity index (χ3v) is 2.37. The Bertz CT molecular complexity index is 519. The Morgan fingerprint density at radius 1 is 1.35 bits per heavy atom. The van der Waals surface area contributed by atoms with E-state index in [4.69, 9.17) is 0 Å². The largest absolute Gasteiger partial charge is 0.573 e. The maximum absolute atomic E-state index is 12.2. The van der Waals surface area contributed by atoms with Crippen molar-refractivity contribution in [3.05, 3.63) is 22.7 Å². The van der Waals surface area contributed by atoms with Crippen LogP contribution in [0.15, 0.2) is 22.7 Å². The number of halogens is 4. The molecule has 0 bridgehead atoms. The second kappa shape index (κ2) is 6.60. The SMILES string of the molecule is CCOC(=O)C(=O)Nc1ccc(Br)cc1OC(F)(F)F. The molecule has 0 heterocycles. The van der Waals surface area contributed by atoms with Crippen LogP contribution in [0.25, 0.3) is 0 Å². The minimum absolute atomic E-state index is 0.0293. The number of amides is 1. The van der Waals surface area contributed by atoms with Gasteiger partial charge in [0.2, 0.25) is 0 Å². The summed E-state index contributed by atoms with van der Waals surface area (Å²) >= 11 is 2.97. The van der Waals surface area contributed by atoms with E-state index in [0.717, 1.165) is 12.1 Å². The lowest BCUT2D eigenvalue weighted by Gasteiger charge is -2.14. The van der Waals surface area contributed by atoms with E-state index in [0.29, 0.717) is 4.47 Å². The average Bonchev–Trinajstić information content (AvgIpc) is 2.30. The lowest BCUT2D eigenvalue weighted by Crippen LogP contribution is -2.26. The molecule has 1 N–H and O–H groups in total. The quantitative estimate of drug-likeness (QED) is 0.668. The molecular formula is C11H9BrF3NO4. The summed E-state index contributed by atoms with van der Waals surface area (Å²) in [5, 5.41) is 1.99. The highest BCUT2D eigenvalue weighted by Crippen LogP contribution is 2.32. The number of carbonyl (C=O) groups excluding carboxylic acids is 2. The molecule has 0 saturated heterocycles. The van der Waals surface area contributed by atoms with Crippen molar-refractivity contribution in [3.63, 3.8) is 0 Å². The fourth-order valence-electron chi connectivity index (χ4n) is 1.18. The fraction of sp³-hybridized carbons (Fsp3) is 0.273. The number of anilines is 1. The van der Waals surface area contributed by atoms with Crippen LogP contribution in [0.4, 0.5) is 18.9 Å². The second-order valence-electron chi connectivity index (χ2n) is 3.36. The average molecular weight is 356 g/mol. The number of hydrogen-bond acceptors (Lipinski definition) is 4. The number of esters is 1. The molecule has 0 aliphatic heterocycles. The molecule has 0 aromatic heterocycles. The number of ether oxygens (including phenoxy) is 2. The van der Waals surface area contributed by atoms with Crippen LogP contribution in [0, 0.1) is 0 Å². The predicted molar refractivity (Wildman–Crippen MR) is 66.1 cm³/mol. The smallest absolute Gasteiger partial charge is 0.459 e. The first-order chi connectivity index (χ1) is 9.23. The normalized spacial score (nSPS) is 10.8. The number of hydrogen-bond donors (Lipinski definition) is 1. The first-order valence-corrected chi connectivity index (χ1v) is 6.05. The van der Waals surface area contributed by atoms with Gasteiger partial charge in [-0.3, -0.25) is 4.79 Å². The summed E-state index contributed by atoms with van der Waals surface area (Å²) in [6.45, 7) is 1.46. The summed E-state index contributed by atoms with van der Waals surface area (Å²) < 4.78 is 45.2. The van der Waals surface area contributed by atoms with Crippen LogP contribution in [0.5, 0.6) is 5.75 Å². The third-order valence-electron chi connectivity index (χ3n) is 1.88. The van der Waals surface area contributed by atoms with E-state index >= 15 is 0 Å². The van der Waals surface area contributed by atoms with E-state index < -0.39 is 24.0 Å². The Labute approximate surface area is 120 Å². The van der Waals surface area contributed by atoms with Crippen molar-refractivity contribution >= 4 is 33.5 Å². The van der Waals surface area contributed by atoms with Gasteiger partial charge in [-0.25, -0.2) is 4.79 Å². The molecule has 0 aliphatic rings. The van der Waals surface area contributed by atoms with Crippen molar-refractivity contribution in [2.24, 2.45) is 0 Å². The summed E-state index contributed by atoms with van der Waals surface area (Å²) in [6, 6.07) is 3.54. The maximum Gasteiger partial charge on any atom is 0.573 e. The van der Waals surface area contributed by atoms with Crippen LogP contribution in [-0.4, -0.2) is 24.8 Å². The Morgan fingerprint density at radius 2 is 2.00 bits per heavy atom. The molecule has 0 radical (unpaired) electrons. The zero-order valence-corrected chi connectivity index (χ0v) is 11.7. The molecule has 1 rings (SSSR count). The molecule has 0 aliphatic carbocycles. The van der Waals surface area contributed by atoms with Gasteiger partial charge in [-0.2, -0.15) is 0 Å². The van der Waals surface area contributed by atoms with Gasteiger partial charge < -0.3 is 14.8 Å². The van der Waals surface area contributed by atoms with Crippen molar-refractivity contribution in [2.45, 2.75) is 13.3 Å². The molecule has 1 amide bonds. The van der Waals surface area contributed by atoms with Crippen LogP contribution in [0.2, 0.25) is 0 Å². The number of alkyl halides is 3. The van der Waals surface area contributed by atoms with E-state index in [-0.39, 0.29) is 12.3 Å². The van der Waals surface area contributed by atoms with Gasteiger partial charge in [-0.1, -0.05) is 15.9 Å². The summed E-state index contributed by atoms with van der Waals surface area (Å²) in [5.74, 6) is -3.04. The van der Waals surface area contributed by atoms with E-state index in [1.807, 2.05) is 5.32 Å². The van der Waals surface area contributed by atoms with Gasteiger partial charge in [-0.15, -0.1) is 13.2 Å². The highest BCUT2D eigenvalue weighted by molar-refractivity contribution is 9.10. The molecule has 20 heavy (non-hydrogen) atoms. The van der Waals surface area contributed by atoms with Crippen LogP contribution in [0.3, 0.4) is 0 Å². The molecule has 1 aromatic rings. The summed E-state index contributed by atoms with van der Waals surface area (Å²) in [6.07, 6.45) is -4.93. The van der Waals surface area contributed by atoms with Crippen molar-refractivity contribution < 1.29 is 32.2 Å². The molecule has 9 heteroatoms. The number of nitrogens with one attached hydrogen (secondary N) is 1. The molecule has 1 aromatic carbocycles. The lowest BCUT2D eigenvalue weighted by atomic mass is 10.3. The van der Waals surface area contributed by atoms with Crippen molar-refractivity contribution in [3.8, 4) is 5.75 Å². The number of rotatable bonds is 3. The fourth-order valence-corrected chi connectivity index (χ4v) is 1.52. The van der Waals surface area contributed by atoms with Crippen LogP contribution >= 0.6 is 15.9 Å². The highest BCUT2D eigenvalue weighted by Gasteiger charge is 2.32. The first kappa shape index (κ1) is 16.3. The van der Waals surface area contributed by atoms with Crippen LogP contribution in [0.1, 0.15) is 6.92 Å². The van der Waals surface area contributed by atoms with Crippen molar-refractivity contribution in [1.82, 2.24) is 0 Å². The minimum atomic E-state index is -4.93. The van der Waals surface area contributed by atoms with E-state index in [1.165, 1.54) is 13.0 Å². The van der Waals surface area contributed by atoms with Gasteiger partial charge in [0.25, 0.3) is 0 Å². The Balaban J connectivity index is 2.94. The van der Waals surface area contributed by atoms with Crippen LogP contribution in [-0.2, 0) is 14.3 Å². The van der Waals surface area contributed by atoms with Gasteiger partial charge in [0, 0.05) is 4.47 Å². The number of carbonyl (C=O) groups is 2. The molecule has 0 fully saturated rings. The summed E-state index contributed by atoms with van der Waals surface area (Å²) in [4.78, 5) is 22.5. The van der Waals surface area contributed by atoms with Gasteiger partial charge in [0.1, 0.15) is 0 Å². The first-order valence-electron chi connectivity index (χ1n) is 5.26. The highest BCUT2D eigenvalue weighted by atomic mass is 79.9. The van der Waals surface area contributed by atoms with Gasteiger partial charge in [0.05, 0.1) is 12.3 Å². The lowest BCUT2D eigenvalue weighted by molar-refractivity contribution is -0.274. The topological polar surface area (TPSA) is 64.6 Å². The molecular weight excluding hydrogens is 347 g/mol. The zero-order valence-electron chi connectivity index (χ0n) is 10.1. The van der Waals surface area contributed by atoms with Gasteiger partial charge in [-0.05, 0) is 25.1 Å². The molecule has 0 spiro atoms. The summed E-state index contributed by atoms with van der Waals surface area (Å²) in [7, 11) is 0. The Kier molecular flexibility index (Phi) is 5.37. The van der Waals surface area contributed by atoms with E-state index in [2.05, 4.69) is 25.4 Å². The van der Waals surface area contributed by atoms with E-state index in [9.17, 15) is 22.8 Å². The van der Waals surface area contributed by atoms with Crippen molar-refractivity contribution in [1.29, 1.82) is 0 Å². The Hall–Kier alpha value is -1.77. The zero-order chi connectivity index (χ0) is 15.3.